The topological polar surface area (TPSA) is 78.6 Å². The molecule has 2 N–H and O–H groups in total. The fourth-order valence-corrected chi connectivity index (χ4v) is 4.32. The minimum absolute atomic E-state index is 0.0144. The van der Waals surface area contributed by atoms with Crippen LogP contribution in [0.3, 0.4) is 0 Å². The third-order valence-corrected chi connectivity index (χ3v) is 5.96. The van der Waals surface area contributed by atoms with Crippen molar-refractivity contribution < 1.29 is 32.2 Å². The van der Waals surface area contributed by atoms with Crippen LogP contribution in [0.4, 0.5) is 13.2 Å². The molecule has 0 heterocycles. The van der Waals surface area contributed by atoms with Gasteiger partial charge in [-0.15, -0.1) is 13.2 Å². The average molecular weight is 409 g/mol. The molecule has 29 heavy (non-hydrogen) atoms. The number of hydrogen-bond acceptors (Lipinski definition) is 5. The Kier molecular flexibility index (Phi) is 5.14. The summed E-state index contributed by atoms with van der Waals surface area (Å²) in [6, 6.07) is 5.50. The summed E-state index contributed by atoms with van der Waals surface area (Å²) in [6.07, 6.45) is -1.61. The highest BCUT2D eigenvalue weighted by Gasteiger charge is 2.46. The molecular formula is C21H22F3NO4. The molecule has 5 nitrogen and oxygen atoms in total. The molecule has 0 radical (unpaired) electrons. The van der Waals surface area contributed by atoms with Crippen LogP contribution in [0, 0.1) is 17.8 Å². The van der Waals surface area contributed by atoms with Crippen molar-refractivity contribution in [3.05, 3.63) is 35.4 Å². The summed E-state index contributed by atoms with van der Waals surface area (Å²) in [5.74, 6) is -0.379. The quantitative estimate of drug-likeness (QED) is 0.696. The molecule has 0 aliphatic heterocycles. The largest absolute Gasteiger partial charge is 0.573 e. The van der Waals surface area contributed by atoms with Crippen LogP contribution in [0.15, 0.2) is 29.8 Å². The Morgan fingerprint density at radius 3 is 2.48 bits per heavy atom. The Morgan fingerprint density at radius 2 is 1.90 bits per heavy atom. The van der Waals surface area contributed by atoms with Crippen LogP contribution in [-0.2, 0) is 14.3 Å². The zero-order valence-corrected chi connectivity index (χ0v) is 15.7. The van der Waals surface area contributed by atoms with Crippen molar-refractivity contribution in [1.82, 2.24) is 0 Å². The van der Waals surface area contributed by atoms with Gasteiger partial charge in [0.1, 0.15) is 11.5 Å². The lowest BCUT2D eigenvalue weighted by molar-refractivity contribution is -0.274. The molecule has 0 aromatic heterocycles. The molecule has 3 fully saturated rings. The molecule has 0 saturated heterocycles. The van der Waals surface area contributed by atoms with Gasteiger partial charge in [0.15, 0.2) is 5.78 Å². The van der Waals surface area contributed by atoms with Crippen LogP contribution >= 0.6 is 0 Å². The third-order valence-electron chi connectivity index (χ3n) is 5.96. The maximum Gasteiger partial charge on any atom is 0.573 e. The molecule has 2 unspecified atom stereocenters. The number of ketones is 2. The average Bonchev–Trinajstić information content (AvgIpc) is 3.34. The van der Waals surface area contributed by atoms with Crippen molar-refractivity contribution in [2.45, 2.75) is 44.6 Å². The van der Waals surface area contributed by atoms with E-state index in [-0.39, 0.29) is 58.9 Å². The van der Waals surface area contributed by atoms with Gasteiger partial charge in [-0.25, -0.2) is 0 Å². The summed E-state index contributed by atoms with van der Waals surface area (Å²) in [5.41, 5.74) is 6.33. The van der Waals surface area contributed by atoms with E-state index in [9.17, 15) is 22.8 Å². The Balaban J connectivity index is 1.58. The molecule has 3 aliphatic carbocycles. The van der Waals surface area contributed by atoms with Gasteiger partial charge >= 0.3 is 6.36 Å². The number of hydrogen-bond donors (Lipinski definition) is 1. The third kappa shape index (κ3) is 4.32. The highest BCUT2D eigenvalue weighted by molar-refractivity contribution is 6.05. The first-order valence-electron chi connectivity index (χ1n) is 9.75. The van der Waals surface area contributed by atoms with Crippen LogP contribution in [0.2, 0.25) is 0 Å². The zero-order chi connectivity index (χ0) is 20.8. The van der Waals surface area contributed by atoms with Crippen molar-refractivity contribution in [3.63, 3.8) is 0 Å². The number of ether oxygens (including phenoxy) is 2. The van der Waals surface area contributed by atoms with Gasteiger partial charge in [0.25, 0.3) is 0 Å². The molecule has 3 atom stereocenters. The highest BCUT2D eigenvalue weighted by atomic mass is 19.4. The van der Waals surface area contributed by atoms with Crippen molar-refractivity contribution in [3.8, 4) is 5.75 Å². The minimum Gasteiger partial charge on any atom is -0.405 e. The van der Waals surface area contributed by atoms with Crippen molar-refractivity contribution >= 4 is 17.3 Å². The summed E-state index contributed by atoms with van der Waals surface area (Å²) in [6.45, 7) is -0.0798. The molecule has 156 valence electrons. The van der Waals surface area contributed by atoms with Gasteiger partial charge in [-0.05, 0) is 43.7 Å². The summed E-state index contributed by atoms with van der Waals surface area (Å²) < 4.78 is 48.3. The Morgan fingerprint density at radius 1 is 1.17 bits per heavy atom. The van der Waals surface area contributed by atoms with Gasteiger partial charge in [-0.3, -0.25) is 9.59 Å². The zero-order valence-electron chi connectivity index (χ0n) is 15.7. The maximum atomic E-state index is 12.8. The predicted molar refractivity (Wildman–Crippen MR) is 97.5 cm³/mol. The minimum atomic E-state index is -4.87. The van der Waals surface area contributed by atoms with E-state index in [1.54, 1.807) is 0 Å². The van der Waals surface area contributed by atoms with Crippen LogP contribution in [-0.4, -0.2) is 30.6 Å². The number of Topliss-reactive ketones (excluding diaryl/α,β-unsaturated/α-hetero) is 2. The number of carbonyl (C=O) groups excluding carboxylic acids is 2. The fourth-order valence-electron chi connectivity index (χ4n) is 4.32. The molecule has 1 aromatic carbocycles. The molecule has 0 spiro atoms. The molecule has 4 rings (SSSR count). The first-order valence-corrected chi connectivity index (χ1v) is 9.75. The number of benzene rings is 1. The SMILES string of the molecule is NC(=C(CO[C@H]1CC2CC1CC2=O)C(=O)C1CC1)c1ccccc1OC(F)(F)F. The molecule has 8 heteroatoms. The second-order valence-electron chi connectivity index (χ2n) is 8.02. The lowest BCUT2D eigenvalue weighted by Crippen LogP contribution is -2.27. The Labute approximate surface area is 166 Å². The Bertz CT molecular complexity index is 860. The monoisotopic (exact) mass is 409 g/mol. The summed E-state index contributed by atoms with van der Waals surface area (Å²) in [4.78, 5) is 24.5. The first kappa shape index (κ1) is 19.9. The van der Waals surface area contributed by atoms with Crippen molar-refractivity contribution in [2.24, 2.45) is 23.5 Å². The van der Waals surface area contributed by atoms with E-state index in [1.807, 2.05) is 0 Å². The van der Waals surface area contributed by atoms with Gasteiger partial charge in [-0.2, -0.15) is 0 Å². The van der Waals surface area contributed by atoms with E-state index in [0.717, 1.165) is 25.3 Å². The lowest BCUT2D eigenvalue weighted by atomic mass is 9.96. The Hall–Kier alpha value is -2.35. The standard InChI is InChI=1S/C21H22F3NO4/c22-21(23,24)29-17-4-2-1-3-14(17)19(25)15(20(27)11-5-6-11)10-28-18-9-12-7-13(18)8-16(12)26/h1-4,11-13,18H,5-10,25H2/t12?,13?,18-/m0/s1. The van der Waals surface area contributed by atoms with Crippen LogP contribution in [0.1, 0.15) is 37.7 Å². The number of fused-ring (bicyclic) bond motifs is 2. The first-order chi connectivity index (χ1) is 13.7. The number of rotatable bonds is 7. The summed E-state index contributed by atoms with van der Waals surface area (Å²) >= 11 is 0. The molecule has 1 aromatic rings. The second kappa shape index (κ2) is 7.48. The molecule has 3 saturated carbocycles. The lowest BCUT2D eigenvalue weighted by Gasteiger charge is -2.23. The second-order valence-corrected chi connectivity index (χ2v) is 8.02. The van der Waals surface area contributed by atoms with Crippen LogP contribution < -0.4 is 10.5 Å². The number of alkyl halides is 3. The van der Waals surface area contributed by atoms with E-state index in [4.69, 9.17) is 10.5 Å². The van der Waals surface area contributed by atoms with E-state index in [1.165, 1.54) is 18.2 Å². The highest BCUT2D eigenvalue weighted by Crippen LogP contribution is 2.44. The maximum absolute atomic E-state index is 12.8. The van der Waals surface area contributed by atoms with Gasteiger partial charge in [0, 0.05) is 29.4 Å². The summed E-state index contributed by atoms with van der Waals surface area (Å²) in [5, 5.41) is 0. The van der Waals surface area contributed by atoms with Gasteiger partial charge in [0.2, 0.25) is 0 Å². The van der Waals surface area contributed by atoms with E-state index >= 15 is 0 Å². The number of nitrogens with two attached hydrogens (primary N) is 1. The fraction of sp³-hybridized carbons (Fsp3) is 0.524. The van der Waals surface area contributed by atoms with Crippen LogP contribution in [0.25, 0.3) is 5.70 Å². The van der Waals surface area contributed by atoms with Crippen molar-refractivity contribution in [1.29, 1.82) is 0 Å². The van der Waals surface area contributed by atoms with E-state index < -0.39 is 12.1 Å². The van der Waals surface area contributed by atoms with Crippen LogP contribution in [0.5, 0.6) is 5.75 Å². The number of halogens is 3. The molecule has 3 aliphatic rings. The summed E-state index contributed by atoms with van der Waals surface area (Å²) in [7, 11) is 0. The van der Waals surface area contributed by atoms with Gasteiger partial charge in [0.05, 0.1) is 18.4 Å². The predicted octanol–water partition coefficient (Wildman–Crippen LogP) is 3.62. The van der Waals surface area contributed by atoms with E-state index in [0.29, 0.717) is 12.8 Å². The van der Waals surface area contributed by atoms with Gasteiger partial charge < -0.3 is 15.2 Å². The molecule has 2 bridgehead atoms. The molecular weight excluding hydrogens is 387 g/mol. The van der Waals surface area contributed by atoms with E-state index in [2.05, 4.69) is 4.74 Å². The smallest absolute Gasteiger partial charge is 0.405 e. The molecule has 0 amide bonds. The number of carbonyl (C=O) groups is 2. The van der Waals surface area contributed by atoms with Crippen molar-refractivity contribution in [2.75, 3.05) is 6.61 Å². The normalized spacial score (nSPS) is 27.1. The number of para-hydroxylation sites is 1. The van der Waals surface area contributed by atoms with Gasteiger partial charge in [-0.1, -0.05) is 12.1 Å².